The molecule has 1 heterocycles. The lowest BCUT2D eigenvalue weighted by Crippen LogP contribution is -2.00. The van der Waals surface area contributed by atoms with E-state index in [0.29, 0.717) is 16.6 Å². The molecule has 0 fully saturated rings. The van der Waals surface area contributed by atoms with Crippen LogP contribution in [-0.2, 0) is 11.3 Å². The van der Waals surface area contributed by atoms with Crippen LogP contribution in [0.15, 0.2) is 36.0 Å². The minimum absolute atomic E-state index is 0.493. The first-order valence-electron chi connectivity index (χ1n) is 5.31. The van der Waals surface area contributed by atoms with Crippen molar-refractivity contribution in [3.8, 4) is 0 Å². The molecule has 2 rings (SSSR count). The number of carbonyl (C=O) groups is 1. The van der Waals surface area contributed by atoms with Crippen molar-refractivity contribution in [2.24, 2.45) is 0 Å². The summed E-state index contributed by atoms with van der Waals surface area (Å²) in [5.74, 6) is -0.944. The van der Waals surface area contributed by atoms with Crippen LogP contribution in [0.5, 0.6) is 0 Å². The van der Waals surface area contributed by atoms with Gasteiger partial charge in [-0.05, 0) is 30.7 Å². The molecule has 0 aliphatic carbocycles. The summed E-state index contributed by atoms with van der Waals surface area (Å²) in [6.07, 6.45) is 3.06. The van der Waals surface area contributed by atoms with E-state index in [9.17, 15) is 4.79 Å². The van der Waals surface area contributed by atoms with Crippen LogP contribution in [0, 0.1) is 0 Å². The Morgan fingerprint density at radius 2 is 2.17 bits per heavy atom. The number of nitrogens with zero attached hydrogens (tertiary/aromatic N) is 1. The normalized spacial score (nSPS) is 12.1. The predicted octanol–water partition coefficient (Wildman–Crippen LogP) is 3.98. The lowest BCUT2D eigenvalue weighted by atomic mass is 10.2. The SMILES string of the molecule is C/C(=C/C(=O)O)Cn1ccc2c(Cl)cc(Cl)cc21. The zero-order valence-corrected chi connectivity index (χ0v) is 11.2. The highest BCUT2D eigenvalue weighted by Crippen LogP contribution is 2.29. The minimum Gasteiger partial charge on any atom is -0.478 e. The Kier molecular flexibility index (Phi) is 3.64. The van der Waals surface area contributed by atoms with Gasteiger partial charge >= 0.3 is 5.97 Å². The van der Waals surface area contributed by atoms with Crippen molar-refractivity contribution in [2.45, 2.75) is 13.5 Å². The van der Waals surface area contributed by atoms with Gasteiger partial charge in [0.15, 0.2) is 0 Å². The van der Waals surface area contributed by atoms with E-state index in [2.05, 4.69) is 0 Å². The van der Waals surface area contributed by atoms with E-state index < -0.39 is 5.97 Å². The topological polar surface area (TPSA) is 42.2 Å². The first-order chi connectivity index (χ1) is 8.47. The molecule has 1 N–H and O–H groups in total. The van der Waals surface area contributed by atoms with Gasteiger partial charge in [0, 0.05) is 29.2 Å². The van der Waals surface area contributed by atoms with E-state index in [-0.39, 0.29) is 0 Å². The van der Waals surface area contributed by atoms with E-state index in [1.54, 1.807) is 13.0 Å². The average Bonchev–Trinajstić information content (AvgIpc) is 2.60. The van der Waals surface area contributed by atoms with Gasteiger partial charge in [0.25, 0.3) is 0 Å². The fourth-order valence-electron chi connectivity index (χ4n) is 1.88. The Hall–Kier alpha value is -1.45. The quantitative estimate of drug-likeness (QED) is 0.866. The van der Waals surface area contributed by atoms with Gasteiger partial charge in [-0.2, -0.15) is 0 Å². The number of rotatable bonds is 3. The number of hydrogen-bond acceptors (Lipinski definition) is 1. The number of carboxylic acids is 1. The number of benzene rings is 1. The summed E-state index contributed by atoms with van der Waals surface area (Å²) in [5, 5.41) is 10.7. The lowest BCUT2D eigenvalue weighted by molar-refractivity contribution is -0.131. The highest BCUT2D eigenvalue weighted by atomic mass is 35.5. The Morgan fingerprint density at radius 3 is 2.83 bits per heavy atom. The molecule has 1 aromatic heterocycles. The molecule has 0 atom stereocenters. The Labute approximate surface area is 114 Å². The molecular weight excluding hydrogens is 273 g/mol. The van der Waals surface area contributed by atoms with Crippen molar-refractivity contribution in [3.63, 3.8) is 0 Å². The van der Waals surface area contributed by atoms with Crippen LogP contribution in [0.3, 0.4) is 0 Å². The third-order valence-corrected chi connectivity index (χ3v) is 3.12. The fraction of sp³-hybridized carbons (Fsp3) is 0.154. The number of hydrogen-bond donors (Lipinski definition) is 1. The number of carboxylic acid groups (broad SMARTS) is 1. The summed E-state index contributed by atoms with van der Waals surface area (Å²) in [4.78, 5) is 10.6. The number of aliphatic carboxylic acids is 1. The largest absolute Gasteiger partial charge is 0.478 e. The van der Waals surface area contributed by atoms with E-state index >= 15 is 0 Å². The van der Waals surface area contributed by atoms with Crippen molar-refractivity contribution in [1.82, 2.24) is 4.57 Å². The monoisotopic (exact) mass is 283 g/mol. The highest BCUT2D eigenvalue weighted by molar-refractivity contribution is 6.38. The maximum atomic E-state index is 10.6. The third kappa shape index (κ3) is 2.68. The minimum atomic E-state index is -0.944. The fourth-order valence-corrected chi connectivity index (χ4v) is 2.43. The molecule has 0 saturated carbocycles. The molecule has 0 unspecified atom stereocenters. The molecule has 3 nitrogen and oxygen atoms in total. The maximum Gasteiger partial charge on any atom is 0.328 e. The van der Waals surface area contributed by atoms with Gasteiger partial charge in [-0.25, -0.2) is 4.79 Å². The molecule has 94 valence electrons. The molecule has 0 bridgehead atoms. The van der Waals surface area contributed by atoms with Crippen LogP contribution in [0.2, 0.25) is 10.0 Å². The summed E-state index contributed by atoms with van der Waals surface area (Å²) in [7, 11) is 0. The van der Waals surface area contributed by atoms with Crippen molar-refractivity contribution in [2.75, 3.05) is 0 Å². The smallest absolute Gasteiger partial charge is 0.328 e. The average molecular weight is 284 g/mol. The zero-order valence-electron chi connectivity index (χ0n) is 9.65. The zero-order chi connectivity index (χ0) is 13.3. The Morgan fingerprint density at radius 1 is 1.44 bits per heavy atom. The van der Waals surface area contributed by atoms with Crippen molar-refractivity contribution < 1.29 is 9.90 Å². The second-order valence-electron chi connectivity index (χ2n) is 4.09. The molecule has 0 spiro atoms. The first kappa shape index (κ1) is 13.0. The van der Waals surface area contributed by atoms with Gasteiger partial charge in [0.2, 0.25) is 0 Å². The second-order valence-corrected chi connectivity index (χ2v) is 4.94. The lowest BCUT2D eigenvalue weighted by Gasteiger charge is -2.06. The highest BCUT2D eigenvalue weighted by Gasteiger charge is 2.07. The van der Waals surface area contributed by atoms with Gasteiger partial charge in [-0.1, -0.05) is 23.2 Å². The number of halogens is 2. The van der Waals surface area contributed by atoms with Gasteiger partial charge in [-0.3, -0.25) is 0 Å². The molecule has 0 saturated heterocycles. The van der Waals surface area contributed by atoms with Gasteiger partial charge in [0.05, 0.1) is 10.5 Å². The first-order valence-corrected chi connectivity index (χ1v) is 6.07. The second kappa shape index (κ2) is 5.04. The Bertz CT molecular complexity index is 644. The number of fused-ring (bicyclic) bond motifs is 1. The summed E-state index contributed by atoms with van der Waals surface area (Å²) >= 11 is 12.1. The summed E-state index contributed by atoms with van der Waals surface area (Å²) < 4.78 is 1.92. The molecule has 0 aliphatic rings. The van der Waals surface area contributed by atoms with Crippen LogP contribution in [0.4, 0.5) is 0 Å². The van der Waals surface area contributed by atoms with Crippen LogP contribution in [-0.4, -0.2) is 15.6 Å². The van der Waals surface area contributed by atoms with Crippen molar-refractivity contribution in [1.29, 1.82) is 0 Å². The van der Waals surface area contributed by atoms with Crippen LogP contribution < -0.4 is 0 Å². The van der Waals surface area contributed by atoms with Crippen molar-refractivity contribution in [3.05, 3.63) is 46.1 Å². The molecular formula is C13H11Cl2NO2. The summed E-state index contributed by atoms with van der Waals surface area (Å²) in [6, 6.07) is 5.40. The van der Waals surface area contributed by atoms with E-state index in [0.717, 1.165) is 16.5 Å². The molecule has 0 aliphatic heterocycles. The number of allylic oxidation sites excluding steroid dienone is 1. The molecule has 18 heavy (non-hydrogen) atoms. The van der Waals surface area contributed by atoms with E-state index in [1.807, 2.05) is 22.9 Å². The third-order valence-electron chi connectivity index (χ3n) is 2.59. The molecule has 5 heteroatoms. The van der Waals surface area contributed by atoms with Crippen LogP contribution >= 0.6 is 23.2 Å². The van der Waals surface area contributed by atoms with Gasteiger partial charge in [0.1, 0.15) is 0 Å². The Balaban J connectivity index is 2.44. The maximum absolute atomic E-state index is 10.6. The van der Waals surface area contributed by atoms with Crippen LogP contribution in [0.1, 0.15) is 6.92 Å². The summed E-state index contributed by atoms with van der Waals surface area (Å²) in [5.41, 5.74) is 1.64. The molecule has 2 aromatic rings. The van der Waals surface area contributed by atoms with E-state index in [1.165, 1.54) is 6.08 Å². The van der Waals surface area contributed by atoms with Crippen LogP contribution in [0.25, 0.3) is 10.9 Å². The molecule has 0 radical (unpaired) electrons. The van der Waals surface area contributed by atoms with Gasteiger partial charge in [-0.15, -0.1) is 0 Å². The molecule has 1 aromatic carbocycles. The summed E-state index contributed by atoms with van der Waals surface area (Å²) in [6.45, 7) is 2.26. The van der Waals surface area contributed by atoms with Gasteiger partial charge < -0.3 is 9.67 Å². The molecule has 0 amide bonds. The van der Waals surface area contributed by atoms with Crippen molar-refractivity contribution >= 4 is 40.1 Å². The number of aromatic nitrogens is 1. The van der Waals surface area contributed by atoms with E-state index in [4.69, 9.17) is 28.3 Å². The standard InChI is InChI=1S/C13H11Cl2NO2/c1-8(4-13(17)18)7-16-3-2-10-11(15)5-9(14)6-12(10)16/h2-6H,7H2,1H3,(H,17,18)/b8-4-. The predicted molar refractivity (Wildman–Crippen MR) is 73.4 cm³/mol.